The minimum Gasteiger partial charge on any atom is -0.480 e. The van der Waals surface area contributed by atoms with Gasteiger partial charge in [-0.05, 0) is 20.8 Å². The van der Waals surface area contributed by atoms with E-state index in [0.717, 1.165) is 5.75 Å². The SMILES string of the molecule is CC(C)(C)NC(=O)CN1CCSCC1C(=O)O. The van der Waals surface area contributed by atoms with E-state index in [-0.39, 0.29) is 18.0 Å². The van der Waals surface area contributed by atoms with Gasteiger partial charge in [0.25, 0.3) is 0 Å². The van der Waals surface area contributed by atoms with Crippen molar-refractivity contribution in [3.63, 3.8) is 0 Å². The van der Waals surface area contributed by atoms with E-state index in [0.29, 0.717) is 12.3 Å². The highest BCUT2D eigenvalue weighted by atomic mass is 32.2. The number of carboxylic acids is 1. The molecule has 0 saturated carbocycles. The molecule has 1 aliphatic heterocycles. The molecule has 98 valence electrons. The number of carbonyl (C=O) groups excluding carboxylic acids is 1. The number of hydrogen-bond acceptors (Lipinski definition) is 4. The summed E-state index contributed by atoms with van der Waals surface area (Å²) in [6.45, 7) is 6.54. The van der Waals surface area contributed by atoms with Gasteiger partial charge in [0.05, 0.1) is 6.54 Å². The average molecular weight is 260 g/mol. The lowest BCUT2D eigenvalue weighted by Gasteiger charge is -2.32. The Balaban J connectivity index is 2.53. The second-order valence-corrected chi connectivity index (χ2v) is 6.35. The van der Waals surface area contributed by atoms with E-state index in [1.54, 1.807) is 16.7 Å². The molecule has 0 spiro atoms. The van der Waals surface area contributed by atoms with Gasteiger partial charge in [0.2, 0.25) is 5.91 Å². The summed E-state index contributed by atoms with van der Waals surface area (Å²) in [5.41, 5.74) is -0.277. The zero-order valence-electron chi connectivity index (χ0n) is 10.5. The van der Waals surface area contributed by atoms with Gasteiger partial charge in [-0.2, -0.15) is 11.8 Å². The molecule has 0 radical (unpaired) electrons. The van der Waals surface area contributed by atoms with Crippen LogP contribution in [-0.4, -0.2) is 58.1 Å². The van der Waals surface area contributed by atoms with Crippen LogP contribution in [0.5, 0.6) is 0 Å². The Morgan fingerprint density at radius 3 is 2.65 bits per heavy atom. The smallest absolute Gasteiger partial charge is 0.321 e. The number of carbonyl (C=O) groups is 2. The lowest BCUT2D eigenvalue weighted by atomic mass is 10.1. The molecular weight excluding hydrogens is 240 g/mol. The van der Waals surface area contributed by atoms with E-state index in [1.165, 1.54) is 0 Å². The van der Waals surface area contributed by atoms with Crippen molar-refractivity contribution in [1.29, 1.82) is 0 Å². The molecule has 5 nitrogen and oxygen atoms in total. The highest BCUT2D eigenvalue weighted by molar-refractivity contribution is 7.99. The van der Waals surface area contributed by atoms with Crippen molar-refractivity contribution < 1.29 is 14.7 Å². The van der Waals surface area contributed by atoms with Gasteiger partial charge in [0.15, 0.2) is 0 Å². The summed E-state index contributed by atoms with van der Waals surface area (Å²) >= 11 is 1.62. The Morgan fingerprint density at radius 1 is 1.47 bits per heavy atom. The van der Waals surface area contributed by atoms with Crippen LogP contribution in [0.2, 0.25) is 0 Å². The Labute approximate surface area is 106 Å². The molecule has 0 aliphatic carbocycles. The quantitative estimate of drug-likeness (QED) is 0.769. The minimum atomic E-state index is -0.847. The van der Waals surface area contributed by atoms with Gasteiger partial charge in [-0.25, -0.2) is 0 Å². The number of aliphatic carboxylic acids is 1. The van der Waals surface area contributed by atoms with E-state index in [2.05, 4.69) is 5.32 Å². The number of nitrogens with one attached hydrogen (secondary N) is 1. The number of hydrogen-bond donors (Lipinski definition) is 2. The third-order valence-corrected chi connectivity index (χ3v) is 3.41. The van der Waals surface area contributed by atoms with Gasteiger partial charge in [-0.1, -0.05) is 0 Å². The van der Waals surface area contributed by atoms with Crippen LogP contribution < -0.4 is 5.32 Å². The summed E-state index contributed by atoms with van der Waals surface area (Å²) in [7, 11) is 0. The highest BCUT2D eigenvalue weighted by Crippen LogP contribution is 2.16. The van der Waals surface area contributed by atoms with Crippen molar-refractivity contribution in [3.05, 3.63) is 0 Å². The third-order valence-electron chi connectivity index (χ3n) is 2.39. The van der Waals surface area contributed by atoms with Crippen molar-refractivity contribution in [2.24, 2.45) is 0 Å². The zero-order chi connectivity index (χ0) is 13.1. The molecule has 1 amide bonds. The minimum absolute atomic E-state index is 0.115. The van der Waals surface area contributed by atoms with Crippen LogP contribution in [-0.2, 0) is 9.59 Å². The predicted molar refractivity (Wildman–Crippen MR) is 68.2 cm³/mol. The number of rotatable bonds is 3. The van der Waals surface area contributed by atoms with Crippen LogP contribution in [0.1, 0.15) is 20.8 Å². The maximum atomic E-state index is 11.7. The summed E-state index contributed by atoms with van der Waals surface area (Å²) in [5, 5.41) is 11.9. The van der Waals surface area contributed by atoms with E-state index in [4.69, 9.17) is 5.11 Å². The Bertz CT molecular complexity index is 302. The molecule has 1 saturated heterocycles. The van der Waals surface area contributed by atoms with Gasteiger partial charge in [-0.15, -0.1) is 0 Å². The largest absolute Gasteiger partial charge is 0.480 e. The molecule has 1 rings (SSSR count). The first-order valence-electron chi connectivity index (χ1n) is 5.65. The summed E-state index contributed by atoms with van der Waals surface area (Å²) in [4.78, 5) is 24.5. The van der Waals surface area contributed by atoms with E-state index in [9.17, 15) is 9.59 Å². The van der Waals surface area contributed by atoms with Crippen LogP contribution >= 0.6 is 11.8 Å². The molecule has 0 bridgehead atoms. The van der Waals surface area contributed by atoms with Crippen LogP contribution in [0, 0.1) is 0 Å². The zero-order valence-corrected chi connectivity index (χ0v) is 11.3. The maximum Gasteiger partial charge on any atom is 0.321 e. The second kappa shape index (κ2) is 5.73. The molecule has 0 aromatic heterocycles. The fourth-order valence-corrected chi connectivity index (χ4v) is 2.80. The summed E-state index contributed by atoms with van der Waals surface area (Å²) in [6.07, 6.45) is 0. The first kappa shape index (κ1) is 14.3. The first-order valence-corrected chi connectivity index (χ1v) is 6.81. The number of nitrogens with zero attached hydrogens (tertiary/aromatic N) is 1. The molecule has 1 aliphatic rings. The van der Waals surface area contributed by atoms with Crippen molar-refractivity contribution in [2.45, 2.75) is 32.4 Å². The van der Waals surface area contributed by atoms with Crippen molar-refractivity contribution in [2.75, 3.05) is 24.6 Å². The number of thioether (sulfide) groups is 1. The maximum absolute atomic E-state index is 11.7. The molecule has 0 aromatic carbocycles. The highest BCUT2D eigenvalue weighted by Gasteiger charge is 2.30. The molecule has 0 aromatic rings. The normalized spacial score (nSPS) is 22.2. The first-order chi connectivity index (χ1) is 7.79. The topological polar surface area (TPSA) is 69.6 Å². The molecular formula is C11H20N2O3S. The number of carboxylic acid groups (broad SMARTS) is 1. The standard InChI is InChI=1S/C11H20N2O3S/c1-11(2,3)12-9(14)6-13-4-5-17-7-8(13)10(15)16/h8H,4-7H2,1-3H3,(H,12,14)(H,15,16). The molecule has 17 heavy (non-hydrogen) atoms. The van der Waals surface area contributed by atoms with Crippen LogP contribution in [0.3, 0.4) is 0 Å². The van der Waals surface area contributed by atoms with Gasteiger partial charge in [0.1, 0.15) is 6.04 Å². The molecule has 6 heteroatoms. The monoisotopic (exact) mass is 260 g/mol. The molecule has 1 atom stereocenters. The predicted octanol–water partition coefficient (Wildman–Crippen LogP) is 0.403. The fourth-order valence-electron chi connectivity index (χ4n) is 1.70. The van der Waals surface area contributed by atoms with Gasteiger partial charge < -0.3 is 10.4 Å². The Morgan fingerprint density at radius 2 is 2.12 bits per heavy atom. The van der Waals surface area contributed by atoms with Crippen molar-refractivity contribution in [1.82, 2.24) is 10.2 Å². The summed E-state index contributed by atoms with van der Waals surface area (Å²) in [6, 6.07) is -0.542. The second-order valence-electron chi connectivity index (χ2n) is 5.20. The van der Waals surface area contributed by atoms with E-state index >= 15 is 0 Å². The van der Waals surface area contributed by atoms with Crippen LogP contribution in [0.15, 0.2) is 0 Å². The number of amides is 1. The molecule has 1 fully saturated rings. The third kappa shape index (κ3) is 4.95. The lowest BCUT2D eigenvalue weighted by Crippen LogP contribution is -2.53. The van der Waals surface area contributed by atoms with Crippen molar-refractivity contribution in [3.8, 4) is 0 Å². The van der Waals surface area contributed by atoms with Crippen LogP contribution in [0.4, 0.5) is 0 Å². The van der Waals surface area contributed by atoms with E-state index in [1.807, 2.05) is 20.8 Å². The summed E-state index contributed by atoms with van der Waals surface area (Å²) < 4.78 is 0. The van der Waals surface area contributed by atoms with E-state index < -0.39 is 12.0 Å². The average Bonchev–Trinajstić information content (AvgIpc) is 2.14. The van der Waals surface area contributed by atoms with Gasteiger partial charge in [-0.3, -0.25) is 14.5 Å². The fraction of sp³-hybridized carbons (Fsp3) is 0.818. The van der Waals surface area contributed by atoms with Gasteiger partial charge >= 0.3 is 5.97 Å². The van der Waals surface area contributed by atoms with Gasteiger partial charge in [0, 0.05) is 23.6 Å². The molecule has 1 heterocycles. The lowest BCUT2D eigenvalue weighted by molar-refractivity contribution is -0.143. The van der Waals surface area contributed by atoms with Crippen molar-refractivity contribution >= 4 is 23.6 Å². The van der Waals surface area contributed by atoms with Crippen LogP contribution in [0.25, 0.3) is 0 Å². The Hall–Kier alpha value is -0.750. The summed E-state index contributed by atoms with van der Waals surface area (Å²) in [5.74, 6) is 0.474. The molecule has 1 unspecified atom stereocenters. The Kier molecular flexibility index (Phi) is 4.82. The molecule has 2 N–H and O–H groups in total.